The fourth-order valence-corrected chi connectivity index (χ4v) is 4.42. The SMILES string of the molecule is CS(=N)(=O)c1ccc(C(=O)N[C@H]2C[C@@](C)(Cc3nc4cc(Cl)ccc4o3)C2)o1. The van der Waals surface area contributed by atoms with Gasteiger partial charge in [0, 0.05) is 23.7 Å². The molecule has 1 saturated carbocycles. The lowest BCUT2D eigenvalue weighted by molar-refractivity contribution is 0.0698. The fraction of sp³-hybridized carbons (Fsp3) is 0.368. The van der Waals surface area contributed by atoms with Gasteiger partial charge in [0.15, 0.2) is 22.3 Å². The summed E-state index contributed by atoms with van der Waals surface area (Å²) in [6.07, 6.45) is 3.50. The molecule has 1 aromatic carbocycles. The molecular weight excluding hydrogens is 402 g/mol. The van der Waals surface area contributed by atoms with Gasteiger partial charge in [0.1, 0.15) is 15.2 Å². The van der Waals surface area contributed by atoms with Gasteiger partial charge in [-0.15, -0.1) is 0 Å². The van der Waals surface area contributed by atoms with Crippen molar-refractivity contribution in [3.05, 3.63) is 47.0 Å². The van der Waals surface area contributed by atoms with Crippen LogP contribution in [0.15, 0.2) is 44.3 Å². The number of hydrogen-bond donors (Lipinski definition) is 2. The van der Waals surface area contributed by atoms with Crippen molar-refractivity contribution in [3.8, 4) is 0 Å². The number of halogens is 1. The van der Waals surface area contributed by atoms with E-state index in [1.807, 2.05) is 6.07 Å². The molecule has 2 heterocycles. The average molecular weight is 422 g/mol. The Morgan fingerprint density at radius 3 is 2.79 bits per heavy atom. The van der Waals surface area contributed by atoms with Crippen LogP contribution in [0.5, 0.6) is 0 Å². The molecule has 4 rings (SSSR count). The first-order valence-corrected chi connectivity index (χ1v) is 11.2. The van der Waals surface area contributed by atoms with Gasteiger partial charge in [0.2, 0.25) is 0 Å². The summed E-state index contributed by atoms with van der Waals surface area (Å²) in [5.41, 5.74) is 1.43. The highest BCUT2D eigenvalue weighted by Gasteiger charge is 2.42. The number of rotatable bonds is 5. The van der Waals surface area contributed by atoms with Crippen LogP contribution in [-0.4, -0.2) is 27.4 Å². The molecule has 0 spiro atoms. The lowest BCUT2D eigenvalue weighted by Crippen LogP contribution is -2.50. The molecule has 0 bridgehead atoms. The number of benzene rings is 1. The van der Waals surface area contributed by atoms with Crippen LogP contribution in [-0.2, 0) is 16.1 Å². The van der Waals surface area contributed by atoms with Gasteiger partial charge in [-0.2, -0.15) is 0 Å². The van der Waals surface area contributed by atoms with E-state index in [-0.39, 0.29) is 28.2 Å². The molecule has 28 heavy (non-hydrogen) atoms. The second kappa shape index (κ2) is 6.63. The van der Waals surface area contributed by atoms with E-state index in [1.165, 1.54) is 18.4 Å². The largest absolute Gasteiger partial charge is 0.441 e. The van der Waals surface area contributed by atoms with Crippen LogP contribution in [0.4, 0.5) is 0 Å². The number of hydrogen-bond acceptors (Lipinski definition) is 6. The maximum atomic E-state index is 12.3. The molecule has 1 aliphatic carbocycles. The summed E-state index contributed by atoms with van der Waals surface area (Å²) in [6, 6.07) is 8.24. The van der Waals surface area contributed by atoms with E-state index < -0.39 is 9.73 Å². The van der Waals surface area contributed by atoms with E-state index in [4.69, 9.17) is 25.2 Å². The van der Waals surface area contributed by atoms with Crippen LogP contribution in [0.3, 0.4) is 0 Å². The third-order valence-corrected chi connectivity index (χ3v) is 6.20. The van der Waals surface area contributed by atoms with Crippen molar-refractivity contribution >= 4 is 38.3 Å². The Kier molecular flexibility index (Phi) is 4.50. The number of nitrogens with zero attached hydrogens (tertiary/aromatic N) is 1. The Morgan fingerprint density at radius 1 is 1.36 bits per heavy atom. The van der Waals surface area contributed by atoms with Crippen molar-refractivity contribution < 1.29 is 17.8 Å². The molecule has 1 amide bonds. The second-order valence-electron chi connectivity index (χ2n) is 7.75. The Bertz CT molecular complexity index is 1160. The zero-order valence-corrected chi connectivity index (χ0v) is 17.0. The van der Waals surface area contributed by atoms with E-state index >= 15 is 0 Å². The van der Waals surface area contributed by atoms with Gasteiger partial charge in [-0.1, -0.05) is 18.5 Å². The molecule has 2 N–H and O–H groups in total. The summed E-state index contributed by atoms with van der Waals surface area (Å²) < 4.78 is 30.2. The Morgan fingerprint density at radius 2 is 2.11 bits per heavy atom. The molecule has 1 unspecified atom stereocenters. The Labute approximate surface area is 167 Å². The van der Waals surface area contributed by atoms with Gasteiger partial charge in [-0.05, 0) is 48.6 Å². The summed E-state index contributed by atoms with van der Waals surface area (Å²) in [7, 11) is -2.97. The van der Waals surface area contributed by atoms with Crippen molar-refractivity contribution in [2.24, 2.45) is 5.41 Å². The monoisotopic (exact) mass is 421 g/mol. The molecule has 7 nitrogen and oxygen atoms in total. The van der Waals surface area contributed by atoms with Crippen LogP contribution in [0.1, 0.15) is 36.2 Å². The molecule has 0 saturated heterocycles. The first-order chi connectivity index (χ1) is 13.1. The van der Waals surface area contributed by atoms with Gasteiger partial charge in [0.05, 0.1) is 0 Å². The van der Waals surface area contributed by atoms with Crippen LogP contribution in [0.25, 0.3) is 11.1 Å². The van der Waals surface area contributed by atoms with E-state index in [1.54, 1.807) is 12.1 Å². The van der Waals surface area contributed by atoms with Gasteiger partial charge in [-0.25, -0.2) is 14.0 Å². The fourth-order valence-electron chi connectivity index (χ4n) is 3.67. The number of carbonyl (C=O) groups is 1. The van der Waals surface area contributed by atoms with E-state index in [0.29, 0.717) is 22.9 Å². The lowest BCUT2D eigenvalue weighted by atomic mass is 9.65. The number of aromatic nitrogens is 1. The minimum absolute atomic E-state index is 0.00663. The number of fused-ring (bicyclic) bond motifs is 1. The van der Waals surface area contributed by atoms with E-state index in [2.05, 4.69) is 17.2 Å². The summed E-state index contributed by atoms with van der Waals surface area (Å²) in [6.45, 7) is 2.13. The first kappa shape index (κ1) is 19.0. The van der Waals surface area contributed by atoms with Crippen LogP contribution < -0.4 is 5.32 Å². The van der Waals surface area contributed by atoms with Crippen molar-refractivity contribution in [2.75, 3.05) is 6.26 Å². The molecule has 148 valence electrons. The summed E-state index contributed by atoms with van der Waals surface area (Å²) in [5, 5.41) is 3.54. The predicted octanol–water partition coefficient (Wildman–Crippen LogP) is 4.25. The normalized spacial score (nSPS) is 23.9. The van der Waals surface area contributed by atoms with Crippen molar-refractivity contribution in [3.63, 3.8) is 0 Å². The molecule has 0 aliphatic heterocycles. The molecule has 2 aromatic heterocycles. The third-order valence-electron chi connectivity index (χ3n) is 4.97. The van der Waals surface area contributed by atoms with Gasteiger partial charge >= 0.3 is 0 Å². The highest BCUT2D eigenvalue weighted by Crippen LogP contribution is 2.43. The zero-order valence-electron chi connectivity index (χ0n) is 15.5. The van der Waals surface area contributed by atoms with E-state index in [0.717, 1.165) is 18.4 Å². The zero-order chi connectivity index (χ0) is 20.1. The summed E-state index contributed by atoms with van der Waals surface area (Å²) in [5.74, 6) is 0.369. The van der Waals surface area contributed by atoms with Crippen molar-refractivity contribution in [2.45, 2.75) is 37.3 Å². The molecule has 1 aliphatic rings. The molecule has 3 aromatic rings. The number of amides is 1. The van der Waals surface area contributed by atoms with Crippen molar-refractivity contribution in [1.29, 1.82) is 4.78 Å². The van der Waals surface area contributed by atoms with Crippen LogP contribution in [0, 0.1) is 10.2 Å². The molecule has 0 radical (unpaired) electrons. The summed E-state index contributed by atoms with van der Waals surface area (Å²) in [4.78, 5) is 16.8. The minimum atomic E-state index is -2.97. The van der Waals surface area contributed by atoms with Crippen molar-refractivity contribution in [1.82, 2.24) is 10.3 Å². The Hall–Kier alpha value is -2.32. The van der Waals surface area contributed by atoms with Gasteiger partial charge < -0.3 is 14.2 Å². The number of carbonyl (C=O) groups excluding carboxylic acids is 1. The standard InChI is InChI=1S/C19H20ClN3O4S/c1-19(10-16-23-13-7-11(20)3-4-14(13)26-16)8-12(9-19)22-18(24)15-5-6-17(27-15)28(2,21)25/h3-7,12,21H,8-10H2,1-2H3,(H,22,24)/t12-,19+,28?. The Balaban J connectivity index is 1.36. The minimum Gasteiger partial charge on any atom is -0.441 e. The number of oxazole rings is 1. The maximum absolute atomic E-state index is 12.3. The highest BCUT2D eigenvalue weighted by molar-refractivity contribution is 7.91. The number of nitrogens with one attached hydrogen (secondary N) is 2. The average Bonchev–Trinajstić information content (AvgIpc) is 3.18. The van der Waals surface area contributed by atoms with Crippen LogP contribution >= 0.6 is 11.6 Å². The highest BCUT2D eigenvalue weighted by atomic mass is 35.5. The van der Waals surface area contributed by atoms with Gasteiger partial charge in [-0.3, -0.25) is 4.79 Å². The number of furan rings is 1. The van der Waals surface area contributed by atoms with E-state index in [9.17, 15) is 9.00 Å². The maximum Gasteiger partial charge on any atom is 0.287 e. The molecule has 9 heteroatoms. The molecular formula is C19H20ClN3O4S. The second-order valence-corrected chi connectivity index (χ2v) is 10.3. The summed E-state index contributed by atoms with van der Waals surface area (Å²) >= 11 is 5.99. The molecule has 1 fully saturated rings. The van der Waals surface area contributed by atoms with Crippen LogP contribution in [0.2, 0.25) is 5.02 Å². The van der Waals surface area contributed by atoms with Gasteiger partial charge in [0.25, 0.3) is 5.91 Å². The smallest absolute Gasteiger partial charge is 0.287 e. The quantitative estimate of drug-likeness (QED) is 0.639. The first-order valence-electron chi connectivity index (χ1n) is 8.81. The molecule has 1 atom stereocenters. The lowest BCUT2D eigenvalue weighted by Gasteiger charge is -2.44. The third kappa shape index (κ3) is 3.79. The topological polar surface area (TPSA) is 109 Å². The predicted molar refractivity (Wildman–Crippen MR) is 105 cm³/mol.